The van der Waals surface area contributed by atoms with Gasteiger partial charge < -0.3 is 9.88 Å². The fourth-order valence-corrected chi connectivity index (χ4v) is 1.85. The first-order chi connectivity index (χ1) is 9.08. The minimum absolute atomic E-state index is 0.163. The lowest BCUT2D eigenvalue weighted by atomic mass is 10.1. The fraction of sp³-hybridized carbons (Fsp3) is 0.308. The van der Waals surface area contributed by atoms with Gasteiger partial charge in [-0.25, -0.2) is 4.98 Å². The molecule has 0 atom stereocenters. The van der Waals surface area contributed by atoms with Crippen molar-refractivity contribution < 1.29 is 4.92 Å². The smallest absolute Gasteiger partial charge is 0.272 e. The Kier molecular flexibility index (Phi) is 3.91. The molecule has 0 bridgehead atoms. The molecule has 1 aromatic carbocycles. The molecule has 0 aliphatic carbocycles. The van der Waals surface area contributed by atoms with Crippen LogP contribution in [0.4, 0.5) is 5.69 Å². The zero-order valence-electron chi connectivity index (χ0n) is 11.0. The van der Waals surface area contributed by atoms with E-state index in [2.05, 4.69) is 10.3 Å². The molecule has 0 spiro atoms. The van der Waals surface area contributed by atoms with E-state index in [9.17, 15) is 10.1 Å². The molecule has 6 nitrogen and oxygen atoms in total. The first kappa shape index (κ1) is 13.2. The van der Waals surface area contributed by atoms with Gasteiger partial charge in [0.25, 0.3) is 5.69 Å². The van der Waals surface area contributed by atoms with Crippen LogP contribution in [-0.4, -0.2) is 14.5 Å². The number of aryl methyl sites for hydroxylation is 2. The number of hydrogen-bond acceptors (Lipinski definition) is 4. The van der Waals surface area contributed by atoms with Gasteiger partial charge in [0.15, 0.2) is 0 Å². The van der Waals surface area contributed by atoms with Crippen LogP contribution >= 0.6 is 0 Å². The summed E-state index contributed by atoms with van der Waals surface area (Å²) in [4.78, 5) is 14.7. The van der Waals surface area contributed by atoms with Crippen LogP contribution in [-0.2, 0) is 20.1 Å². The Morgan fingerprint density at radius 1 is 1.42 bits per heavy atom. The van der Waals surface area contributed by atoms with Gasteiger partial charge in [0.05, 0.1) is 11.5 Å². The number of nitrogens with zero attached hydrogens (tertiary/aromatic N) is 3. The maximum absolute atomic E-state index is 10.9. The van der Waals surface area contributed by atoms with E-state index in [1.54, 1.807) is 25.3 Å². The molecule has 0 fully saturated rings. The number of imidazole rings is 1. The zero-order chi connectivity index (χ0) is 13.8. The first-order valence-corrected chi connectivity index (χ1v) is 5.99. The lowest BCUT2D eigenvalue weighted by molar-refractivity contribution is -0.385. The molecule has 100 valence electrons. The van der Waals surface area contributed by atoms with E-state index in [1.807, 2.05) is 23.9 Å². The standard InChI is InChI=1S/C13H16N4O2/c1-10-3-4-11(7-12(10)17(18)19)8-14-9-13-15-5-6-16(13)2/h3-7,14H,8-9H2,1-2H3. The predicted molar refractivity (Wildman–Crippen MR) is 71.6 cm³/mol. The van der Waals surface area contributed by atoms with Crippen molar-refractivity contribution in [3.8, 4) is 0 Å². The summed E-state index contributed by atoms with van der Waals surface area (Å²) in [7, 11) is 1.93. The van der Waals surface area contributed by atoms with Gasteiger partial charge in [-0.2, -0.15) is 0 Å². The number of benzene rings is 1. The molecule has 6 heteroatoms. The number of nitrogens with one attached hydrogen (secondary N) is 1. The molecule has 0 unspecified atom stereocenters. The summed E-state index contributed by atoms with van der Waals surface area (Å²) in [5, 5.41) is 14.1. The van der Waals surface area contributed by atoms with E-state index in [-0.39, 0.29) is 10.6 Å². The van der Waals surface area contributed by atoms with Crippen molar-refractivity contribution >= 4 is 5.69 Å². The average molecular weight is 260 g/mol. The second-order valence-electron chi connectivity index (χ2n) is 4.44. The highest BCUT2D eigenvalue weighted by Gasteiger charge is 2.10. The SMILES string of the molecule is Cc1ccc(CNCc2nccn2C)cc1[N+](=O)[O-]. The minimum atomic E-state index is -0.350. The van der Waals surface area contributed by atoms with E-state index in [0.29, 0.717) is 18.7 Å². The molecule has 19 heavy (non-hydrogen) atoms. The van der Waals surface area contributed by atoms with Crippen molar-refractivity contribution in [2.45, 2.75) is 20.0 Å². The molecule has 0 radical (unpaired) electrons. The van der Waals surface area contributed by atoms with Crippen LogP contribution in [0.25, 0.3) is 0 Å². The van der Waals surface area contributed by atoms with Gasteiger partial charge in [0.1, 0.15) is 5.82 Å². The van der Waals surface area contributed by atoms with Gasteiger partial charge in [-0.15, -0.1) is 0 Å². The van der Waals surface area contributed by atoms with Crippen LogP contribution < -0.4 is 5.32 Å². The predicted octanol–water partition coefficient (Wildman–Crippen LogP) is 1.93. The third-order valence-corrected chi connectivity index (χ3v) is 3.00. The lowest BCUT2D eigenvalue weighted by Crippen LogP contribution is -2.15. The van der Waals surface area contributed by atoms with Gasteiger partial charge in [-0.3, -0.25) is 10.1 Å². The first-order valence-electron chi connectivity index (χ1n) is 5.99. The molecule has 1 N–H and O–H groups in total. The second-order valence-corrected chi connectivity index (χ2v) is 4.44. The van der Waals surface area contributed by atoms with Gasteiger partial charge in [0, 0.05) is 37.6 Å². The molecule has 1 heterocycles. The molecule has 0 saturated carbocycles. The summed E-state index contributed by atoms with van der Waals surface area (Å²) in [5.41, 5.74) is 1.74. The number of nitro benzene ring substituents is 1. The van der Waals surface area contributed by atoms with Crippen molar-refractivity contribution in [1.82, 2.24) is 14.9 Å². The van der Waals surface area contributed by atoms with Crippen LogP contribution in [0.15, 0.2) is 30.6 Å². The molecule has 2 rings (SSSR count). The van der Waals surface area contributed by atoms with Gasteiger partial charge in [-0.1, -0.05) is 12.1 Å². The highest BCUT2D eigenvalue weighted by atomic mass is 16.6. The summed E-state index contributed by atoms with van der Waals surface area (Å²) in [6.07, 6.45) is 3.63. The van der Waals surface area contributed by atoms with E-state index >= 15 is 0 Å². The summed E-state index contributed by atoms with van der Waals surface area (Å²) < 4.78 is 1.94. The maximum atomic E-state index is 10.9. The summed E-state index contributed by atoms with van der Waals surface area (Å²) in [5.74, 6) is 0.932. The highest BCUT2D eigenvalue weighted by molar-refractivity contribution is 5.42. The topological polar surface area (TPSA) is 73.0 Å². The summed E-state index contributed by atoms with van der Waals surface area (Å²) in [6.45, 7) is 2.95. The fourth-order valence-electron chi connectivity index (χ4n) is 1.85. The average Bonchev–Trinajstić information content (AvgIpc) is 2.77. The molecular weight excluding hydrogens is 244 g/mol. The van der Waals surface area contributed by atoms with Gasteiger partial charge >= 0.3 is 0 Å². The van der Waals surface area contributed by atoms with Crippen molar-refractivity contribution in [3.63, 3.8) is 0 Å². The third kappa shape index (κ3) is 3.17. The Balaban J connectivity index is 1.98. The van der Waals surface area contributed by atoms with Crippen molar-refractivity contribution in [2.24, 2.45) is 7.05 Å². The summed E-state index contributed by atoms with van der Waals surface area (Å²) >= 11 is 0. The van der Waals surface area contributed by atoms with Crippen LogP contribution in [0.5, 0.6) is 0 Å². The molecule has 0 aliphatic heterocycles. The van der Waals surface area contributed by atoms with Crippen LogP contribution in [0.3, 0.4) is 0 Å². The maximum Gasteiger partial charge on any atom is 0.272 e. The van der Waals surface area contributed by atoms with Crippen LogP contribution in [0.1, 0.15) is 17.0 Å². The summed E-state index contributed by atoms with van der Waals surface area (Å²) in [6, 6.07) is 5.28. The van der Waals surface area contributed by atoms with E-state index in [4.69, 9.17) is 0 Å². The molecular formula is C13H16N4O2. The third-order valence-electron chi connectivity index (χ3n) is 3.00. The molecule has 0 amide bonds. The number of rotatable bonds is 5. The molecule has 1 aromatic heterocycles. The normalized spacial score (nSPS) is 10.6. The largest absolute Gasteiger partial charge is 0.337 e. The molecule has 2 aromatic rings. The quantitative estimate of drug-likeness (QED) is 0.658. The van der Waals surface area contributed by atoms with Crippen LogP contribution in [0.2, 0.25) is 0 Å². The minimum Gasteiger partial charge on any atom is -0.337 e. The van der Waals surface area contributed by atoms with Crippen molar-refractivity contribution in [2.75, 3.05) is 0 Å². The Labute approximate surface area is 111 Å². The Morgan fingerprint density at radius 2 is 2.21 bits per heavy atom. The number of nitro groups is 1. The number of aromatic nitrogens is 2. The monoisotopic (exact) mass is 260 g/mol. The van der Waals surface area contributed by atoms with E-state index < -0.39 is 0 Å². The van der Waals surface area contributed by atoms with E-state index in [0.717, 1.165) is 11.4 Å². The second kappa shape index (κ2) is 5.62. The molecule has 0 saturated heterocycles. The Morgan fingerprint density at radius 3 is 2.84 bits per heavy atom. The van der Waals surface area contributed by atoms with Crippen molar-refractivity contribution in [3.05, 3.63) is 57.7 Å². The Bertz CT molecular complexity index is 592. The highest BCUT2D eigenvalue weighted by Crippen LogP contribution is 2.19. The Hall–Kier alpha value is -2.21. The van der Waals surface area contributed by atoms with Crippen LogP contribution in [0, 0.1) is 17.0 Å². The van der Waals surface area contributed by atoms with Gasteiger partial charge in [-0.05, 0) is 12.5 Å². The van der Waals surface area contributed by atoms with E-state index in [1.165, 1.54) is 0 Å². The lowest BCUT2D eigenvalue weighted by Gasteiger charge is -2.06. The van der Waals surface area contributed by atoms with Crippen molar-refractivity contribution in [1.29, 1.82) is 0 Å². The molecule has 0 aliphatic rings. The zero-order valence-corrected chi connectivity index (χ0v) is 11.0. The number of hydrogen-bond donors (Lipinski definition) is 1. The van der Waals surface area contributed by atoms with Gasteiger partial charge in [0.2, 0.25) is 0 Å².